The van der Waals surface area contributed by atoms with E-state index >= 15 is 0 Å². The summed E-state index contributed by atoms with van der Waals surface area (Å²) in [5.74, 6) is 2.91. The van der Waals surface area contributed by atoms with Gasteiger partial charge in [-0.2, -0.15) is 0 Å². The van der Waals surface area contributed by atoms with E-state index in [2.05, 4.69) is 72.8 Å². The lowest BCUT2D eigenvalue weighted by Gasteiger charge is -2.19. The Morgan fingerprint density at radius 2 is 0.917 bits per heavy atom. The monoisotopic (exact) mass is 488 g/mol. The molecule has 3 fully saturated rings. The number of ether oxygens (including phenoxy) is 6. The van der Waals surface area contributed by atoms with E-state index in [9.17, 15) is 0 Å². The normalized spacial score (nSPS) is 22.5. The van der Waals surface area contributed by atoms with Gasteiger partial charge in [0.2, 0.25) is 0 Å². The molecule has 0 aliphatic carbocycles. The molecule has 0 aromatic heterocycles. The summed E-state index contributed by atoms with van der Waals surface area (Å²) in [4.78, 5) is 0. The second-order valence-electron chi connectivity index (χ2n) is 9.67. The van der Waals surface area contributed by atoms with E-state index in [4.69, 9.17) is 28.4 Å². The molecule has 6 heteroatoms. The molecule has 0 N–H and O–H groups in total. The minimum absolute atomic E-state index is 0.253. The first-order chi connectivity index (χ1) is 17.8. The zero-order valence-corrected chi connectivity index (χ0v) is 20.3. The SMILES string of the molecule is c1cc(OCC2CO2)ccc1CCC(c1ccc(OCC2CO2)cc1)c1ccc(OCC2CO2)cc1. The maximum absolute atomic E-state index is 5.84. The van der Waals surface area contributed by atoms with E-state index in [0.717, 1.165) is 49.9 Å². The molecule has 0 amide bonds. The number of hydrogen-bond acceptors (Lipinski definition) is 6. The van der Waals surface area contributed by atoms with E-state index < -0.39 is 0 Å². The van der Waals surface area contributed by atoms with Crippen molar-refractivity contribution in [3.05, 3.63) is 89.5 Å². The number of epoxide rings is 3. The van der Waals surface area contributed by atoms with Gasteiger partial charge in [0.1, 0.15) is 55.4 Å². The van der Waals surface area contributed by atoms with Crippen molar-refractivity contribution >= 4 is 0 Å². The quantitative estimate of drug-likeness (QED) is 0.304. The topological polar surface area (TPSA) is 65.3 Å². The zero-order chi connectivity index (χ0) is 24.2. The summed E-state index contributed by atoms with van der Waals surface area (Å²) in [6.07, 6.45) is 2.73. The molecule has 6 rings (SSSR count). The smallest absolute Gasteiger partial charge is 0.119 e. The van der Waals surface area contributed by atoms with Gasteiger partial charge in [0.05, 0.1) is 19.8 Å². The molecule has 3 atom stereocenters. The van der Waals surface area contributed by atoms with Gasteiger partial charge in [0.15, 0.2) is 0 Å². The second-order valence-corrected chi connectivity index (χ2v) is 9.67. The van der Waals surface area contributed by atoms with Gasteiger partial charge in [0, 0.05) is 5.92 Å². The van der Waals surface area contributed by atoms with Gasteiger partial charge >= 0.3 is 0 Å². The molecule has 36 heavy (non-hydrogen) atoms. The largest absolute Gasteiger partial charge is 0.491 e. The van der Waals surface area contributed by atoms with Crippen LogP contribution in [0.15, 0.2) is 72.8 Å². The highest BCUT2D eigenvalue weighted by molar-refractivity contribution is 5.39. The standard InChI is InChI=1S/C30H32O6/c1-8-24(31-15-27-18-34-27)9-2-21(1)3-14-30(22-4-10-25(11-5-22)32-16-28-19-35-28)23-6-12-26(13-7-23)33-17-29-20-36-29/h1-2,4-13,27-30H,3,14-20H2. The first-order valence-electron chi connectivity index (χ1n) is 12.8. The van der Waals surface area contributed by atoms with E-state index in [1.165, 1.54) is 16.7 Å². The summed E-state index contributed by atoms with van der Waals surface area (Å²) < 4.78 is 33.2. The van der Waals surface area contributed by atoms with Crippen LogP contribution in [0.5, 0.6) is 17.2 Å². The summed E-state index contributed by atoms with van der Waals surface area (Å²) >= 11 is 0. The molecule has 3 aromatic rings. The Morgan fingerprint density at radius 3 is 1.28 bits per heavy atom. The highest BCUT2D eigenvalue weighted by Crippen LogP contribution is 2.32. The molecule has 3 aliphatic rings. The van der Waals surface area contributed by atoms with Crippen LogP contribution in [0.1, 0.15) is 29.0 Å². The summed E-state index contributed by atoms with van der Waals surface area (Å²) in [6.45, 7) is 4.27. The lowest BCUT2D eigenvalue weighted by Crippen LogP contribution is -2.06. The summed E-state index contributed by atoms with van der Waals surface area (Å²) in [7, 11) is 0. The number of hydrogen-bond donors (Lipinski definition) is 0. The fraction of sp³-hybridized carbons (Fsp3) is 0.400. The molecule has 3 unspecified atom stereocenters. The molecule has 3 saturated heterocycles. The second kappa shape index (κ2) is 10.9. The minimum atomic E-state index is 0.253. The Labute approximate surface area is 212 Å². The van der Waals surface area contributed by atoms with Crippen molar-refractivity contribution in [2.75, 3.05) is 39.6 Å². The van der Waals surface area contributed by atoms with E-state index in [1.54, 1.807) is 0 Å². The molecular weight excluding hydrogens is 456 g/mol. The van der Waals surface area contributed by atoms with Crippen LogP contribution in [0, 0.1) is 0 Å². The van der Waals surface area contributed by atoms with Crippen LogP contribution in [-0.4, -0.2) is 58.0 Å². The molecule has 0 bridgehead atoms. The molecular formula is C30H32O6. The van der Waals surface area contributed by atoms with Crippen molar-refractivity contribution in [2.45, 2.75) is 37.1 Å². The van der Waals surface area contributed by atoms with Crippen LogP contribution in [0.4, 0.5) is 0 Å². The third kappa shape index (κ3) is 6.78. The summed E-state index contributed by atoms with van der Waals surface area (Å²) in [6, 6.07) is 25.4. The Balaban J connectivity index is 1.12. The van der Waals surface area contributed by atoms with Gasteiger partial charge in [-0.15, -0.1) is 0 Å². The molecule has 6 nitrogen and oxygen atoms in total. The van der Waals surface area contributed by atoms with Crippen LogP contribution in [0.3, 0.4) is 0 Å². The molecule has 3 heterocycles. The fourth-order valence-electron chi connectivity index (χ4n) is 4.24. The maximum Gasteiger partial charge on any atom is 0.119 e. The van der Waals surface area contributed by atoms with Crippen molar-refractivity contribution in [2.24, 2.45) is 0 Å². The van der Waals surface area contributed by atoms with Gasteiger partial charge in [0.25, 0.3) is 0 Å². The summed E-state index contributed by atoms with van der Waals surface area (Å²) in [5.41, 5.74) is 3.84. The average Bonchev–Trinajstić information content (AvgIpc) is 3.77. The Kier molecular flexibility index (Phi) is 7.07. The molecule has 3 aromatic carbocycles. The third-order valence-corrected chi connectivity index (χ3v) is 6.72. The zero-order valence-electron chi connectivity index (χ0n) is 20.3. The van der Waals surface area contributed by atoms with Crippen LogP contribution in [0.2, 0.25) is 0 Å². The number of rotatable bonds is 14. The summed E-state index contributed by atoms with van der Waals surface area (Å²) in [5, 5.41) is 0. The van der Waals surface area contributed by atoms with Gasteiger partial charge < -0.3 is 28.4 Å². The van der Waals surface area contributed by atoms with Crippen molar-refractivity contribution in [3.63, 3.8) is 0 Å². The molecule has 0 radical (unpaired) electrons. The lowest BCUT2D eigenvalue weighted by atomic mass is 9.86. The van der Waals surface area contributed by atoms with Gasteiger partial charge in [-0.05, 0) is 65.9 Å². The van der Waals surface area contributed by atoms with Crippen LogP contribution >= 0.6 is 0 Å². The number of benzene rings is 3. The number of aryl methyl sites for hydroxylation is 1. The Bertz CT molecular complexity index is 1040. The van der Waals surface area contributed by atoms with E-state index in [-0.39, 0.29) is 24.2 Å². The first kappa shape index (κ1) is 23.3. The van der Waals surface area contributed by atoms with E-state index in [0.29, 0.717) is 19.8 Å². The molecule has 188 valence electrons. The average molecular weight is 489 g/mol. The van der Waals surface area contributed by atoms with Gasteiger partial charge in [-0.3, -0.25) is 0 Å². The van der Waals surface area contributed by atoms with Crippen LogP contribution in [-0.2, 0) is 20.6 Å². The minimum Gasteiger partial charge on any atom is -0.491 e. The highest BCUT2D eigenvalue weighted by atomic mass is 16.6. The van der Waals surface area contributed by atoms with Crippen molar-refractivity contribution in [1.29, 1.82) is 0 Å². The van der Waals surface area contributed by atoms with Crippen LogP contribution < -0.4 is 14.2 Å². The van der Waals surface area contributed by atoms with Crippen molar-refractivity contribution in [1.82, 2.24) is 0 Å². The molecule has 3 aliphatic heterocycles. The lowest BCUT2D eigenvalue weighted by molar-refractivity contribution is 0.263. The Hall–Kier alpha value is -3.06. The maximum atomic E-state index is 5.84. The van der Waals surface area contributed by atoms with Crippen molar-refractivity contribution in [3.8, 4) is 17.2 Å². The third-order valence-electron chi connectivity index (χ3n) is 6.72. The van der Waals surface area contributed by atoms with Gasteiger partial charge in [-0.1, -0.05) is 36.4 Å². The predicted molar refractivity (Wildman–Crippen MR) is 135 cm³/mol. The fourth-order valence-corrected chi connectivity index (χ4v) is 4.24. The predicted octanol–water partition coefficient (Wildman–Crippen LogP) is 4.78. The van der Waals surface area contributed by atoms with Crippen molar-refractivity contribution < 1.29 is 28.4 Å². The molecule has 0 saturated carbocycles. The van der Waals surface area contributed by atoms with Gasteiger partial charge in [-0.25, -0.2) is 0 Å². The first-order valence-corrected chi connectivity index (χ1v) is 12.8. The van der Waals surface area contributed by atoms with E-state index in [1.807, 2.05) is 0 Å². The molecule has 0 spiro atoms. The Morgan fingerprint density at radius 1 is 0.556 bits per heavy atom. The highest BCUT2D eigenvalue weighted by Gasteiger charge is 2.24. The van der Waals surface area contributed by atoms with Crippen LogP contribution in [0.25, 0.3) is 0 Å².